The first kappa shape index (κ1) is 15.2. The molecule has 0 atom stereocenters. The Morgan fingerprint density at radius 1 is 1.48 bits per heavy atom. The Kier molecular flexibility index (Phi) is 5.43. The van der Waals surface area contributed by atoms with E-state index >= 15 is 0 Å². The average molecular weight is 292 g/mol. The third-order valence-electron chi connectivity index (χ3n) is 3.27. The van der Waals surface area contributed by atoms with E-state index in [1.165, 1.54) is 0 Å². The maximum absolute atomic E-state index is 11.8. The van der Waals surface area contributed by atoms with Gasteiger partial charge in [0, 0.05) is 13.1 Å². The molecule has 0 unspecified atom stereocenters. The fourth-order valence-corrected chi connectivity index (χ4v) is 2.16. The van der Waals surface area contributed by atoms with Gasteiger partial charge in [-0.15, -0.1) is 0 Å². The van der Waals surface area contributed by atoms with E-state index in [1.807, 2.05) is 24.3 Å². The predicted molar refractivity (Wildman–Crippen MR) is 77.2 cm³/mol. The molecule has 0 saturated carbocycles. The maximum Gasteiger partial charge on any atom is 0.409 e. The molecule has 1 saturated heterocycles. The molecule has 2 amide bonds. The van der Waals surface area contributed by atoms with E-state index in [0.29, 0.717) is 32.7 Å². The molecule has 1 aromatic rings. The monoisotopic (exact) mass is 292 g/mol. The van der Waals surface area contributed by atoms with Gasteiger partial charge in [-0.25, -0.2) is 4.79 Å². The Labute approximate surface area is 124 Å². The van der Waals surface area contributed by atoms with Gasteiger partial charge in [-0.1, -0.05) is 12.1 Å². The first-order chi connectivity index (χ1) is 10.2. The van der Waals surface area contributed by atoms with E-state index in [1.54, 1.807) is 12.0 Å². The molecule has 0 aliphatic carbocycles. The fourth-order valence-electron chi connectivity index (χ4n) is 2.16. The number of carbonyl (C=O) groups is 2. The van der Waals surface area contributed by atoms with Crippen molar-refractivity contribution in [1.29, 1.82) is 0 Å². The van der Waals surface area contributed by atoms with Gasteiger partial charge in [-0.2, -0.15) is 0 Å². The van der Waals surface area contributed by atoms with Crippen LogP contribution in [0.15, 0.2) is 24.3 Å². The van der Waals surface area contributed by atoms with Crippen molar-refractivity contribution in [3.05, 3.63) is 29.8 Å². The van der Waals surface area contributed by atoms with E-state index in [-0.39, 0.29) is 12.0 Å². The quantitative estimate of drug-likeness (QED) is 0.767. The summed E-state index contributed by atoms with van der Waals surface area (Å²) < 4.78 is 9.95. The van der Waals surface area contributed by atoms with Crippen LogP contribution in [0.5, 0.6) is 5.75 Å². The fraction of sp³-hybridized carbons (Fsp3) is 0.467. The first-order valence-electron chi connectivity index (χ1n) is 7.00. The summed E-state index contributed by atoms with van der Waals surface area (Å²) in [6.07, 6.45) is 0.778. The van der Waals surface area contributed by atoms with Gasteiger partial charge < -0.3 is 19.7 Å². The van der Waals surface area contributed by atoms with Gasteiger partial charge in [-0.3, -0.25) is 4.79 Å². The Morgan fingerprint density at radius 2 is 2.33 bits per heavy atom. The standard InChI is InChI=1S/C15H20N2O4/c1-20-13-5-2-4-12(10-13)11-14(18)16-6-3-7-17-8-9-21-15(17)19/h2,4-5,10H,3,6-9,11H2,1H3,(H,16,18). The number of carbonyl (C=O) groups excluding carboxylic acids is 2. The largest absolute Gasteiger partial charge is 0.497 e. The zero-order valence-electron chi connectivity index (χ0n) is 12.1. The summed E-state index contributed by atoms with van der Waals surface area (Å²) in [5.41, 5.74) is 0.912. The minimum Gasteiger partial charge on any atom is -0.497 e. The number of hydrogen-bond donors (Lipinski definition) is 1. The highest BCUT2D eigenvalue weighted by atomic mass is 16.6. The van der Waals surface area contributed by atoms with Crippen molar-refractivity contribution in [2.75, 3.05) is 33.4 Å². The van der Waals surface area contributed by atoms with Crippen molar-refractivity contribution >= 4 is 12.0 Å². The van der Waals surface area contributed by atoms with Gasteiger partial charge >= 0.3 is 6.09 Å². The second-order valence-corrected chi connectivity index (χ2v) is 4.83. The number of ether oxygens (including phenoxy) is 2. The molecule has 0 aromatic heterocycles. The number of methoxy groups -OCH3 is 1. The van der Waals surface area contributed by atoms with Crippen LogP contribution in [-0.2, 0) is 16.0 Å². The van der Waals surface area contributed by atoms with Crippen molar-refractivity contribution in [1.82, 2.24) is 10.2 Å². The molecule has 0 spiro atoms. The number of nitrogens with one attached hydrogen (secondary N) is 1. The molecule has 2 rings (SSSR count). The number of amides is 2. The van der Waals surface area contributed by atoms with E-state index in [0.717, 1.165) is 17.7 Å². The van der Waals surface area contributed by atoms with Gasteiger partial charge in [-0.05, 0) is 24.1 Å². The van der Waals surface area contributed by atoms with Crippen LogP contribution in [0.25, 0.3) is 0 Å². The van der Waals surface area contributed by atoms with Crippen molar-refractivity contribution in [3.63, 3.8) is 0 Å². The molecular formula is C15H20N2O4. The highest BCUT2D eigenvalue weighted by Crippen LogP contribution is 2.12. The summed E-state index contributed by atoms with van der Waals surface area (Å²) >= 11 is 0. The summed E-state index contributed by atoms with van der Waals surface area (Å²) in [6, 6.07) is 7.44. The highest BCUT2D eigenvalue weighted by molar-refractivity contribution is 5.78. The summed E-state index contributed by atoms with van der Waals surface area (Å²) in [7, 11) is 1.60. The van der Waals surface area contributed by atoms with Gasteiger partial charge in [0.15, 0.2) is 0 Å². The van der Waals surface area contributed by atoms with Crippen LogP contribution in [0, 0.1) is 0 Å². The van der Waals surface area contributed by atoms with Crippen LogP contribution in [0.3, 0.4) is 0 Å². The second-order valence-electron chi connectivity index (χ2n) is 4.83. The molecule has 1 aliphatic heterocycles. The topological polar surface area (TPSA) is 67.9 Å². The number of benzene rings is 1. The SMILES string of the molecule is COc1cccc(CC(=O)NCCCN2CCOC2=O)c1. The summed E-state index contributed by atoms with van der Waals surface area (Å²) in [5.74, 6) is 0.708. The maximum atomic E-state index is 11.8. The van der Waals surface area contributed by atoms with Crippen LogP contribution in [0.2, 0.25) is 0 Å². The molecule has 1 fully saturated rings. The molecule has 0 bridgehead atoms. The Hall–Kier alpha value is -2.24. The molecule has 1 heterocycles. The zero-order chi connectivity index (χ0) is 15.1. The molecule has 1 aromatic carbocycles. The molecule has 6 nitrogen and oxygen atoms in total. The normalized spacial score (nSPS) is 14.0. The molecule has 114 valence electrons. The average Bonchev–Trinajstić information content (AvgIpc) is 2.89. The molecule has 1 aliphatic rings. The van der Waals surface area contributed by atoms with E-state index in [2.05, 4.69) is 5.32 Å². The van der Waals surface area contributed by atoms with Crippen LogP contribution >= 0.6 is 0 Å². The summed E-state index contributed by atoms with van der Waals surface area (Å²) in [6.45, 7) is 2.25. The van der Waals surface area contributed by atoms with Crippen LogP contribution in [-0.4, -0.2) is 50.3 Å². The minimum atomic E-state index is -0.266. The third kappa shape index (κ3) is 4.66. The lowest BCUT2D eigenvalue weighted by Gasteiger charge is -2.12. The zero-order valence-corrected chi connectivity index (χ0v) is 12.1. The third-order valence-corrected chi connectivity index (χ3v) is 3.27. The van der Waals surface area contributed by atoms with Crippen LogP contribution in [0.1, 0.15) is 12.0 Å². The number of cyclic esters (lactones) is 1. The summed E-state index contributed by atoms with van der Waals surface area (Å²) in [5, 5.41) is 2.85. The number of rotatable bonds is 7. The minimum absolute atomic E-state index is 0.0350. The molecule has 21 heavy (non-hydrogen) atoms. The van der Waals surface area contributed by atoms with Gasteiger partial charge in [0.1, 0.15) is 12.4 Å². The Morgan fingerprint density at radius 3 is 3.05 bits per heavy atom. The first-order valence-corrected chi connectivity index (χ1v) is 7.00. The Bertz CT molecular complexity index is 504. The van der Waals surface area contributed by atoms with Crippen molar-refractivity contribution in [2.45, 2.75) is 12.8 Å². The van der Waals surface area contributed by atoms with Gasteiger partial charge in [0.2, 0.25) is 5.91 Å². The lowest BCUT2D eigenvalue weighted by molar-refractivity contribution is -0.120. The van der Waals surface area contributed by atoms with Crippen LogP contribution in [0.4, 0.5) is 4.79 Å². The molecule has 6 heteroatoms. The van der Waals surface area contributed by atoms with Crippen molar-refractivity contribution < 1.29 is 19.1 Å². The number of hydrogen-bond acceptors (Lipinski definition) is 4. The van der Waals surface area contributed by atoms with Crippen molar-refractivity contribution in [2.24, 2.45) is 0 Å². The molecule has 0 radical (unpaired) electrons. The highest BCUT2D eigenvalue weighted by Gasteiger charge is 2.20. The summed E-state index contributed by atoms with van der Waals surface area (Å²) in [4.78, 5) is 24.7. The predicted octanol–water partition coefficient (Wildman–Crippen LogP) is 1.20. The van der Waals surface area contributed by atoms with Crippen molar-refractivity contribution in [3.8, 4) is 5.75 Å². The molecular weight excluding hydrogens is 272 g/mol. The molecule has 1 N–H and O–H groups in total. The lowest BCUT2D eigenvalue weighted by Crippen LogP contribution is -2.31. The van der Waals surface area contributed by atoms with Gasteiger partial charge in [0.05, 0.1) is 20.1 Å². The number of nitrogens with zero attached hydrogens (tertiary/aromatic N) is 1. The van der Waals surface area contributed by atoms with Crippen LogP contribution < -0.4 is 10.1 Å². The van der Waals surface area contributed by atoms with E-state index in [9.17, 15) is 9.59 Å². The Balaban J connectivity index is 1.66. The smallest absolute Gasteiger partial charge is 0.409 e. The second kappa shape index (κ2) is 7.52. The van der Waals surface area contributed by atoms with E-state index < -0.39 is 0 Å². The lowest BCUT2D eigenvalue weighted by atomic mass is 10.1. The van der Waals surface area contributed by atoms with Gasteiger partial charge in [0.25, 0.3) is 0 Å². The van der Waals surface area contributed by atoms with E-state index in [4.69, 9.17) is 9.47 Å².